The van der Waals surface area contributed by atoms with Crippen LogP contribution < -0.4 is 15.5 Å². The maximum Gasteiger partial charge on any atom is 0.329 e. The Morgan fingerprint density at radius 2 is 1.79 bits per heavy atom. The van der Waals surface area contributed by atoms with E-state index >= 15 is 0 Å². The Labute approximate surface area is 169 Å². The SMILES string of the molecule is COc1ccccc1CNC(=Nc1ncccc1-c1ccccc1)NOC(C)=O. The van der Waals surface area contributed by atoms with Crippen LogP contribution in [0.1, 0.15) is 12.5 Å². The Kier molecular flexibility index (Phi) is 6.78. The average molecular weight is 390 g/mol. The van der Waals surface area contributed by atoms with Crippen molar-refractivity contribution in [1.29, 1.82) is 0 Å². The summed E-state index contributed by atoms with van der Waals surface area (Å²) in [6.45, 7) is 1.71. The molecular formula is C22H22N4O3. The summed E-state index contributed by atoms with van der Waals surface area (Å²) < 4.78 is 5.37. The molecule has 2 aromatic carbocycles. The highest BCUT2D eigenvalue weighted by Gasteiger charge is 2.09. The maximum atomic E-state index is 11.3. The van der Waals surface area contributed by atoms with E-state index in [1.807, 2.05) is 66.7 Å². The number of guanidine groups is 1. The second-order valence-corrected chi connectivity index (χ2v) is 6.06. The lowest BCUT2D eigenvalue weighted by molar-refractivity contribution is -0.145. The van der Waals surface area contributed by atoms with Crippen molar-refractivity contribution in [2.24, 2.45) is 4.99 Å². The van der Waals surface area contributed by atoms with Gasteiger partial charge in [-0.15, -0.1) is 0 Å². The molecule has 29 heavy (non-hydrogen) atoms. The first kappa shape index (κ1) is 19.9. The van der Waals surface area contributed by atoms with Crippen molar-refractivity contribution < 1.29 is 14.4 Å². The number of pyridine rings is 1. The fourth-order valence-electron chi connectivity index (χ4n) is 2.68. The third-order valence-corrected chi connectivity index (χ3v) is 4.02. The molecule has 0 saturated heterocycles. The Balaban J connectivity index is 1.89. The summed E-state index contributed by atoms with van der Waals surface area (Å²) >= 11 is 0. The number of rotatable bonds is 5. The third kappa shape index (κ3) is 5.55. The second kappa shape index (κ2) is 9.89. The Morgan fingerprint density at radius 1 is 1.03 bits per heavy atom. The minimum atomic E-state index is -0.485. The molecule has 1 heterocycles. The molecular weight excluding hydrogens is 368 g/mol. The fourth-order valence-corrected chi connectivity index (χ4v) is 2.68. The summed E-state index contributed by atoms with van der Waals surface area (Å²) in [6, 6.07) is 21.2. The van der Waals surface area contributed by atoms with Crippen molar-refractivity contribution >= 4 is 17.7 Å². The predicted octanol–water partition coefficient (Wildman–Crippen LogP) is 3.60. The van der Waals surface area contributed by atoms with Crippen LogP contribution in [0.4, 0.5) is 5.82 Å². The van der Waals surface area contributed by atoms with Gasteiger partial charge in [-0.3, -0.25) is 4.79 Å². The summed E-state index contributed by atoms with van der Waals surface area (Å²) in [5.41, 5.74) is 5.33. The van der Waals surface area contributed by atoms with Crippen molar-refractivity contribution in [2.45, 2.75) is 13.5 Å². The minimum Gasteiger partial charge on any atom is -0.496 e. The number of para-hydroxylation sites is 1. The highest BCUT2D eigenvalue weighted by Crippen LogP contribution is 2.27. The molecule has 148 valence electrons. The van der Waals surface area contributed by atoms with Gasteiger partial charge in [-0.05, 0) is 23.8 Å². The molecule has 0 aliphatic rings. The zero-order chi connectivity index (χ0) is 20.5. The summed E-state index contributed by atoms with van der Waals surface area (Å²) in [6.07, 6.45) is 1.66. The van der Waals surface area contributed by atoms with E-state index in [1.165, 1.54) is 6.92 Å². The molecule has 0 aliphatic heterocycles. The van der Waals surface area contributed by atoms with E-state index in [9.17, 15) is 4.79 Å². The zero-order valence-corrected chi connectivity index (χ0v) is 16.3. The Hall–Kier alpha value is -3.87. The largest absolute Gasteiger partial charge is 0.496 e. The number of hydrogen-bond acceptors (Lipinski definition) is 5. The van der Waals surface area contributed by atoms with Crippen LogP contribution in [-0.4, -0.2) is 24.0 Å². The molecule has 0 spiro atoms. The summed E-state index contributed by atoms with van der Waals surface area (Å²) in [4.78, 5) is 25.1. The fraction of sp³-hybridized carbons (Fsp3) is 0.136. The molecule has 7 nitrogen and oxygen atoms in total. The lowest BCUT2D eigenvalue weighted by atomic mass is 10.1. The van der Waals surface area contributed by atoms with E-state index in [0.717, 1.165) is 22.4 Å². The number of nitrogens with zero attached hydrogens (tertiary/aromatic N) is 2. The van der Waals surface area contributed by atoms with Gasteiger partial charge in [0.25, 0.3) is 0 Å². The van der Waals surface area contributed by atoms with Crippen LogP contribution in [0.2, 0.25) is 0 Å². The van der Waals surface area contributed by atoms with Crippen LogP contribution in [0.5, 0.6) is 5.75 Å². The molecule has 0 atom stereocenters. The highest BCUT2D eigenvalue weighted by atomic mass is 16.7. The van der Waals surface area contributed by atoms with E-state index < -0.39 is 5.97 Å². The number of hydroxylamine groups is 1. The lowest BCUT2D eigenvalue weighted by Gasteiger charge is -2.14. The monoisotopic (exact) mass is 390 g/mol. The first-order valence-corrected chi connectivity index (χ1v) is 9.05. The van der Waals surface area contributed by atoms with Crippen LogP contribution in [0.15, 0.2) is 77.9 Å². The topological polar surface area (TPSA) is 84.8 Å². The van der Waals surface area contributed by atoms with E-state index in [4.69, 9.17) is 9.57 Å². The van der Waals surface area contributed by atoms with Crippen molar-refractivity contribution in [3.05, 3.63) is 78.5 Å². The lowest BCUT2D eigenvalue weighted by Crippen LogP contribution is -2.37. The Morgan fingerprint density at radius 3 is 2.55 bits per heavy atom. The molecule has 0 saturated carbocycles. The minimum absolute atomic E-state index is 0.252. The van der Waals surface area contributed by atoms with E-state index in [0.29, 0.717) is 12.4 Å². The maximum absolute atomic E-state index is 11.3. The van der Waals surface area contributed by atoms with Gasteiger partial charge in [-0.25, -0.2) is 4.98 Å². The zero-order valence-electron chi connectivity index (χ0n) is 16.3. The average Bonchev–Trinajstić information content (AvgIpc) is 2.76. The highest BCUT2D eigenvalue weighted by molar-refractivity contribution is 5.85. The molecule has 0 fully saturated rings. The van der Waals surface area contributed by atoms with Gasteiger partial charge in [-0.1, -0.05) is 48.5 Å². The van der Waals surface area contributed by atoms with Gasteiger partial charge in [0, 0.05) is 30.8 Å². The van der Waals surface area contributed by atoms with E-state index in [1.54, 1.807) is 13.3 Å². The third-order valence-electron chi connectivity index (χ3n) is 4.02. The van der Waals surface area contributed by atoms with Crippen LogP contribution in [-0.2, 0) is 16.2 Å². The standard InChI is InChI=1S/C22H22N4O3/c1-16(27)29-26-22(24-15-18-11-6-7-13-20(18)28-2)25-21-19(12-8-14-23-21)17-9-4-3-5-10-17/h3-14H,15H2,1-2H3,(H2,23,24,25,26). The van der Waals surface area contributed by atoms with E-state index in [2.05, 4.69) is 20.8 Å². The second-order valence-electron chi connectivity index (χ2n) is 6.06. The van der Waals surface area contributed by atoms with Gasteiger partial charge in [-0.2, -0.15) is 10.5 Å². The molecule has 0 bridgehead atoms. The molecule has 1 aromatic heterocycles. The van der Waals surface area contributed by atoms with Gasteiger partial charge >= 0.3 is 5.97 Å². The molecule has 0 unspecified atom stereocenters. The molecule has 7 heteroatoms. The first-order valence-electron chi connectivity index (χ1n) is 9.05. The number of nitrogens with one attached hydrogen (secondary N) is 2. The molecule has 3 aromatic rings. The summed E-state index contributed by atoms with van der Waals surface area (Å²) in [5.74, 6) is 0.999. The number of aromatic nitrogens is 1. The van der Waals surface area contributed by atoms with Gasteiger partial charge in [0.15, 0.2) is 5.82 Å². The quantitative estimate of drug-likeness (QED) is 0.393. The molecule has 3 rings (SSSR count). The predicted molar refractivity (Wildman–Crippen MR) is 112 cm³/mol. The first-order chi connectivity index (χ1) is 14.2. The van der Waals surface area contributed by atoms with Crippen LogP contribution >= 0.6 is 0 Å². The molecule has 2 N–H and O–H groups in total. The summed E-state index contributed by atoms with van der Waals surface area (Å²) in [7, 11) is 1.62. The van der Waals surface area contributed by atoms with E-state index in [-0.39, 0.29) is 5.96 Å². The molecule has 0 amide bonds. The van der Waals surface area contributed by atoms with Gasteiger partial charge in [0.2, 0.25) is 5.96 Å². The van der Waals surface area contributed by atoms with Gasteiger partial charge in [0.05, 0.1) is 7.11 Å². The number of aliphatic imine (C=N–C) groups is 1. The number of carbonyl (C=O) groups excluding carboxylic acids is 1. The molecule has 0 radical (unpaired) electrons. The van der Waals surface area contributed by atoms with Gasteiger partial charge < -0.3 is 14.9 Å². The Bertz CT molecular complexity index is 990. The van der Waals surface area contributed by atoms with Crippen LogP contribution in [0.25, 0.3) is 11.1 Å². The molecule has 0 aliphatic carbocycles. The van der Waals surface area contributed by atoms with Crippen molar-refractivity contribution in [3.63, 3.8) is 0 Å². The van der Waals surface area contributed by atoms with Crippen LogP contribution in [0, 0.1) is 0 Å². The number of hydrogen-bond donors (Lipinski definition) is 2. The number of ether oxygens (including phenoxy) is 1. The van der Waals surface area contributed by atoms with Crippen molar-refractivity contribution in [1.82, 2.24) is 15.8 Å². The smallest absolute Gasteiger partial charge is 0.329 e. The van der Waals surface area contributed by atoms with Crippen LogP contribution in [0.3, 0.4) is 0 Å². The van der Waals surface area contributed by atoms with Gasteiger partial charge in [0.1, 0.15) is 5.75 Å². The summed E-state index contributed by atoms with van der Waals surface area (Å²) in [5, 5.41) is 3.13. The number of benzene rings is 2. The number of methoxy groups -OCH3 is 1. The number of carbonyl (C=O) groups is 1. The van der Waals surface area contributed by atoms with Crippen molar-refractivity contribution in [2.75, 3.05) is 7.11 Å². The normalized spacial score (nSPS) is 10.9. The van der Waals surface area contributed by atoms with Crippen molar-refractivity contribution in [3.8, 4) is 16.9 Å².